The molecule has 0 saturated carbocycles. The van der Waals surface area contributed by atoms with Crippen LogP contribution in [0.15, 0.2) is 48.5 Å². The lowest BCUT2D eigenvalue weighted by Gasteiger charge is -2.11. The molecule has 2 aromatic carbocycles. The summed E-state index contributed by atoms with van der Waals surface area (Å²) in [4.78, 5) is 18.1. The van der Waals surface area contributed by atoms with Gasteiger partial charge >= 0.3 is 0 Å². The van der Waals surface area contributed by atoms with Crippen LogP contribution < -0.4 is 5.32 Å². The van der Waals surface area contributed by atoms with Gasteiger partial charge in [0.05, 0.1) is 9.88 Å². The largest absolute Gasteiger partial charge is 0.320 e. The maximum absolute atomic E-state index is 12.8. The topological polar surface area (TPSA) is 42.0 Å². The van der Waals surface area contributed by atoms with Gasteiger partial charge in [-0.25, -0.2) is 4.98 Å². The van der Waals surface area contributed by atoms with E-state index < -0.39 is 0 Å². The molecule has 1 N–H and O–H groups in total. The lowest BCUT2D eigenvalue weighted by atomic mass is 10.1. The van der Waals surface area contributed by atoms with E-state index in [1.54, 1.807) is 11.3 Å². The number of carbonyl (C=O) groups excluding carboxylic acids is 1. The number of aryl methyl sites for hydroxylation is 3. The molecule has 0 radical (unpaired) electrons. The van der Waals surface area contributed by atoms with Crippen LogP contribution in [-0.2, 0) is 0 Å². The molecule has 1 amide bonds. The number of nitrogens with one attached hydrogen (secondary N) is 1. The van der Waals surface area contributed by atoms with E-state index in [9.17, 15) is 4.79 Å². The van der Waals surface area contributed by atoms with Crippen LogP contribution in [0.25, 0.3) is 10.4 Å². The fraction of sp³-hybridized carbons (Fsp3) is 0.158. The molecule has 0 aliphatic heterocycles. The lowest BCUT2D eigenvalue weighted by molar-refractivity contribution is 0.102. The van der Waals surface area contributed by atoms with Gasteiger partial charge in [0.2, 0.25) is 0 Å². The van der Waals surface area contributed by atoms with Crippen molar-refractivity contribution in [1.82, 2.24) is 4.98 Å². The van der Waals surface area contributed by atoms with Crippen molar-refractivity contribution in [1.29, 1.82) is 0 Å². The molecule has 1 aromatic heterocycles. The van der Waals surface area contributed by atoms with E-state index >= 15 is 0 Å². The number of carbonyl (C=O) groups is 1. The molecule has 3 nitrogen and oxygen atoms in total. The molecule has 0 fully saturated rings. The van der Waals surface area contributed by atoms with Crippen molar-refractivity contribution in [2.24, 2.45) is 0 Å². The summed E-state index contributed by atoms with van der Waals surface area (Å²) in [5.74, 6) is -0.161. The van der Waals surface area contributed by atoms with Gasteiger partial charge in [0.1, 0.15) is 5.69 Å². The van der Waals surface area contributed by atoms with Crippen molar-refractivity contribution >= 4 is 22.9 Å². The second-order valence-electron chi connectivity index (χ2n) is 5.50. The van der Waals surface area contributed by atoms with E-state index in [4.69, 9.17) is 0 Å². The first-order valence-electron chi connectivity index (χ1n) is 7.46. The summed E-state index contributed by atoms with van der Waals surface area (Å²) >= 11 is 1.54. The molecular weight excluding hydrogens is 304 g/mol. The Morgan fingerprint density at radius 2 is 1.61 bits per heavy atom. The third-order valence-electron chi connectivity index (χ3n) is 3.70. The molecule has 0 aliphatic rings. The highest BCUT2D eigenvalue weighted by Crippen LogP contribution is 2.31. The Balaban J connectivity index is 1.98. The Morgan fingerprint density at radius 1 is 0.957 bits per heavy atom. The average Bonchev–Trinajstić information content (AvgIpc) is 2.94. The molecule has 0 spiro atoms. The highest BCUT2D eigenvalue weighted by Gasteiger charge is 2.19. The van der Waals surface area contributed by atoms with Crippen LogP contribution in [0.3, 0.4) is 0 Å². The number of hydrogen-bond donors (Lipinski definition) is 1. The van der Waals surface area contributed by atoms with Crippen LogP contribution in [0.2, 0.25) is 0 Å². The van der Waals surface area contributed by atoms with Crippen molar-refractivity contribution in [2.75, 3.05) is 5.32 Å². The predicted octanol–water partition coefficient (Wildman–Crippen LogP) is 4.99. The van der Waals surface area contributed by atoms with Gasteiger partial charge in [-0.2, -0.15) is 0 Å². The van der Waals surface area contributed by atoms with Crippen LogP contribution in [-0.4, -0.2) is 10.9 Å². The summed E-state index contributed by atoms with van der Waals surface area (Å²) in [6.45, 7) is 5.91. The molecule has 3 rings (SSSR count). The van der Waals surface area contributed by atoms with Crippen molar-refractivity contribution < 1.29 is 4.79 Å². The number of hydrogen-bond acceptors (Lipinski definition) is 3. The molecule has 0 bridgehead atoms. The van der Waals surface area contributed by atoms with Gasteiger partial charge in [-0.15, -0.1) is 11.3 Å². The van der Waals surface area contributed by atoms with Crippen LogP contribution in [0, 0.1) is 20.8 Å². The lowest BCUT2D eigenvalue weighted by Crippen LogP contribution is -2.15. The van der Waals surface area contributed by atoms with E-state index in [-0.39, 0.29) is 5.91 Å². The highest BCUT2D eigenvalue weighted by molar-refractivity contribution is 7.15. The van der Waals surface area contributed by atoms with Crippen molar-refractivity contribution in [2.45, 2.75) is 20.8 Å². The van der Waals surface area contributed by atoms with Gasteiger partial charge < -0.3 is 5.32 Å². The first-order chi connectivity index (χ1) is 11.1. The smallest absolute Gasteiger partial charge is 0.275 e. The Kier molecular flexibility index (Phi) is 4.26. The number of benzene rings is 2. The molecule has 4 heteroatoms. The summed E-state index contributed by atoms with van der Waals surface area (Å²) < 4.78 is 0. The number of aromatic nitrogens is 1. The fourth-order valence-corrected chi connectivity index (χ4v) is 3.47. The van der Waals surface area contributed by atoms with Gasteiger partial charge in [-0.3, -0.25) is 4.79 Å². The van der Waals surface area contributed by atoms with Crippen molar-refractivity contribution in [3.8, 4) is 10.4 Å². The number of thiazole rings is 1. The Labute approximate surface area is 140 Å². The second-order valence-corrected chi connectivity index (χ2v) is 6.70. The number of anilines is 1. The first-order valence-corrected chi connectivity index (χ1v) is 8.28. The van der Waals surface area contributed by atoms with Crippen LogP contribution in [0.1, 0.15) is 26.6 Å². The second kappa shape index (κ2) is 6.34. The van der Waals surface area contributed by atoms with Gasteiger partial charge in [0, 0.05) is 5.69 Å². The van der Waals surface area contributed by atoms with Gasteiger partial charge in [0.25, 0.3) is 5.91 Å². The molecule has 0 atom stereocenters. The van der Waals surface area contributed by atoms with Crippen LogP contribution in [0.4, 0.5) is 5.69 Å². The summed E-state index contributed by atoms with van der Waals surface area (Å²) in [6.07, 6.45) is 0. The predicted molar refractivity (Wildman–Crippen MR) is 96.2 cm³/mol. The maximum atomic E-state index is 12.8. The first kappa shape index (κ1) is 15.4. The van der Waals surface area contributed by atoms with E-state index in [1.807, 2.05) is 69.3 Å². The minimum absolute atomic E-state index is 0.161. The molecule has 0 unspecified atom stereocenters. The van der Waals surface area contributed by atoms with E-state index in [0.29, 0.717) is 5.69 Å². The Bertz CT molecular complexity index is 833. The summed E-state index contributed by atoms with van der Waals surface area (Å²) in [6, 6.07) is 15.9. The molecule has 3 aromatic rings. The molecule has 0 saturated heterocycles. The number of amides is 1. The Hall–Kier alpha value is -2.46. The van der Waals surface area contributed by atoms with Crippen LogP contribution >= 0.6 is 11.3 Å². The molecular formula is C19H18N2OS. The molecule has 1 heterocycles. The summed E-state index contributed by atoms with van der Waals surface area (Å²) in [5.41, 5.74) is 4.46. The fourth-order valence-electron chi connectivity index (χ4n) is 2.55. The monoisotopic (exact) mass is 322 g/mol. The Morgan fingerprint density at radius 3 is 2.26 bits per heavy atom. The normalized spacial score (nSPS) is 10.6. The standard InChI is InChI=1S/C19H18N2OS/c1-12-8-7-9-13(2)16(12)21-19(22)17-18(23-14(3)20-17)15-10-5-4-6-11-15/h4-11H,1-3H3,(H,21,22). The quantitative estimate of drug-likeness (QED) is 0.738. The average molecular weight is 322 g/mol. The third kappa shape index (κ3) is 3.17. The number of rotatable bonds is 3. The summed E-state index contributed by atoms with van der Waals surface area (Å²) in [5, 5.41) is 3.91. The zero-order valence-corrected chi connectivity index (χ0v) is 14.2. The molecule has 116 valence electrons. The summed E-state index contributed by atoms with van der Waals surface area (Å²) in [7, 11) is 0. The maximum Gasteiger partial charge on any atom is 0.275 e. The minimum atomic E-state index is -0.161. The van der Waals surface area contributed by atoms with Gasteiger partial charge in [-0.05, 0) is 37.5 Å². The molecule has 23 heavy (non-hydrogen) atoms. The van der Waals surface area contributed by atoms with Crippen molar-refractivity contribution in [3.05, 3.63) is 70.4 Å². The van der Waals surface area contributed by atoms with Crippen LogP contribution in [0.5, 0.6) is 0 Å². The van der Waals surface area contributed by atoms with Gasteiger partial charge in [0.15, 0.2) is 0 Å². The van der Waals surface area contributed by atoms with Gasteiger partial charge in [-0.1, -0.05) is 48.5 Å². The zero-order chi connectivity index (χ0) is 16.4. The van der Waals surface area contributed by atoms with E-state index in [0.717, 1.165) is 32.3 Å². The molecule has 0 aliphatic carbocycles. The van der Waals surface area contributed by atoms with E-state index in [1.165, 1.54) is 0 Å². The highest BCUT2D eigenvalue weighted by atomic mass is 32.1. The van der Waals surface area contributed by atoms with Crippen molar-refractivity contribution in [3.63, 3.8) is 0 Å². The SMILES string of the molecule is Cc1nc(C(=O)Nc2c(C)cccc2C)c(-c2ccccc2)s1. The zero-order valence-electron chi connectivity index (χ0n) is 13.4. The number of para-hydroxylation sites is 1. The third-order valence-corrected chi connectivity index (χ3v) is 4.72. The number of nitrogens with zero attached hydrogens (tertiary/aromatic N) is 1. The minimum Gasteiger partial charge on any atom is -0.320 e. The van der Waals surface area contributed by atoms with E-state index in [2.05, 4.69) is 10.3 Å².